The standard InChI is InChI=1S/C14H27N3O2/c1-3-4-8-12(15)13(18)16-11(2)14(19)17-9-6-5-7-10-17/h11-12H,3-10,15H2,1-2H3,(H,16,18)/t11?,12-/m0/s1. The van der Waals surface area contributed by atoms with Gasteiger partial charge < -0.3 is 16.0 Å². The lowest BCUT2D eigenvalue weighted by molar-refractivity contribution is -0.137. The molecule has 2 amide bonds. The summed E-state index contributed by atoms with van der Waals surface area (Å²) >= 11 is 0. The summed E-state index contributed by atoms with van der Waals surface area (Å²) in [5.74, 6) is -0.206. The van der Waals surface area contributed by atoms with E-state index in [4.69, 9.17) is 5.73 Å². The lowest BCUT2D eigenvalue weighted by atomic mass is 10.1. The van der Waals surface area contributed by atoms with E-state index in [1.807, 2.05) is 4.90 Å². The van der Waals surface area contributed by atoms with Gasteiger partial charge in [0.2, 0.25) is 11.8 Å². The second kappa shape index (κ2) is 8.15. The molecule has 1 fully saturated rings. The summed E-state index contributed by atoms with van der Waals surface area (Å²) in [4.78, 5) is 25.8. The van der Waals surface area contributed by atoms with Crippen LogP contribution in [0.3, 0.4) is 0 Å². The van der Waals surface area contributed by atoms with Gasteiger partial charge in [-0.05, 0) is 32.6 Å². The molecule has 0 aromatic rings. The van der Waals surface area contributed by atoms with Crippen molar-refractivity contribution in [1.29, 1.82) is 0 Å². The van der Waals surface area contributed by atoms with Crippen molar-refractivity contribution in [3.8, 4) is 0 Å². The molecular formula is C14H27N3O2. The van der Waals surface area contributed by atoms with Gasteiger partial charge in [-0.15, -0.1) is 0 Å². The van der Waals surface area contributed by atoms with Gasteiger partial charge in [-0.25, -0.2) is 0 Å². The Morgan fingerprint density at radius 2 is 1.89 bits per heavy atom. The van der Waals surface area contributed by atoms with Crippen molar-refractivity contribution in [2.75, 3.05) is 13.1 Å². The van der Waals surface area contributed by atoms with E-state index in [1.165, 1.54) is 6.42 Å². The monoisotopic (exact) mass is 269 g/mol. The molecule has 110 valence electrons. The van der Waals surface area contributed by atoms with Gasteiger partial charge >= 0.3 is 0 Å². The van der Waals surface area contributed by atoms with Gasteiger partial charge in [0.1, 0.15) is 6.04 Å². The van der Waals surface area contributed by atoms with Crippen molar-refractivity contribution in [2.24, 2.45) is 5.73 Å². The van der Waals surface area contributed by atoms with Gasteiger partial charge in [-0.1, -0.05) is 19.8 Å². The van der Waals surface area contributed by atoms with Gasteiger partial charge in [0.15, 0.2) is 0 Å². The van der Waals surface area contributed by atoms with Crippen LogP contribution < -0.4 is 11.1 Å². The van der Waals surface area contributed by atoms with Gasteiger partial charge in [0.05, 0.1) is 6.04 Å². The Morgan fingerprint density at radius 1 is 1.26 bits per heavy atom. The molecule has 0 spiro atoms. The molecule has 1 aliphatic heterocycles. The molecule has 0 bridgehead atoms. The number of amides is 2. The topological polar surface area (TPSA) is 75.4 Å². The Bertz CT molecular complexity index is 301. The Kier molecular flexibility index (Phi) is 6.84. The zero-order chi connectivity index (χ0) is 14.3. The average molecular weight is 269 g/mol. The predicted octanol–water partition coefficient (Wildman–Crippen LogP) is 1.02. The maximum atomic E-state index is 12.1. The van der Waals surface area contributed by atoms with E-state index < -0.39 is 12.1 Å². The number of carbonyl (C=O) groups excluding carboxylic acids is 2. The summed E-state index contributed by atoms with van der Waals surface area (Å²) in [6, 6.07) is -0.977. The number of carbonyl (C=O) groups is 2. The van der Waals surface area contributed by atoms with Crippen LogP contribution in [0.15, 0.2) is 0 Å². The molecule has 0 aromatic heterocycles. The molecule has 0 aliphatic carbocycles. The number of hydrogen-bond donors (Lipinski definition) is 2. The van der Waals surface area contributed by atoms with Gasteiger partial charge in [-0.3, -0.25) is 9.59 Å². The number of nitrogens with two attached hydrogens (primary N) is 1. The largest absolute Gasteiger partial charge is 0.343 e. The summed E-state index contributed by atoms with van der Waals surface area (Å²) in [6.07, 6.45) is 5.93. The Hall–Kier alpha value is -1.10. The number of likely N-dealkylation sites (tertiary alicyclic amines) is 1. The molecule has 0 saturated carbocycles. The minimum Gasteiger partial charge on any atom is -0.343 e. The van der Waals surface area contributed by atoms with Crippen molar-refractivity contribution in [2.45, 2.75) is 64.5 Å². The number of piperidine rings is 1. The molecular weight excluding hydrogens is 242 g/mol. The number of rotatable bonds is 6. The van der Waals surface area contributed by atoms with E-state index >= 15 is 0 Å². The van der Waals surface area contributed by atoms with Crippen LogP contribution >= 0.6 is 0 Å². The van der Waals surface area contributed by atoms with Gasteiger partial charge in [0.25, 0.3) is 0 Å². The van der Waals surface area contributed by atoms with Crippen LogP contribution in [-0.4, -0.2) is 41.9 Å². The maximum absolute atomic E-state index is 12.1. The minimum atomic E-state index is -0.503. The van der Waals surface area contributed by atoms with Crippen LogP contribution in [0.4, 0.5) is 0 Å². The third kappa shape index (κ3) is 5.19. The highest BCUT2D eigenvalue weighted by atomic mass is 16.2. The van der Waals surface area contributed by atoms with Crippen molar-refractivity contribution in [3.05, 3.63) is 0 Å². The van der Waals surface area contributed by atoms with E-state index in [1.54, 1.807) is 6.92 Å². The third-order valence-corrected chi connectivity index (χ3v) is 3.60. The summed E-state index contributed by atoms with van der Waals surface area (Å²) in [5.41, 5.74) is 5.79. The molecule has 1 heterocycles. The number of nitrogens with one attached hydrogen (secondary N) is 1. The van der Waals surface area contributed by atoms with Crippen molar-refractivity contribution < 1.29 is 9.59 Å². The average Bonchev–Trinajstić information content (AvgIpc) is 2.44. The molecule has 1 unspecified atom stereocenters. The second-order valence-corrected chi connectivity index (χ2v) is 5.36. The summed E-state index contributed by atoms with van der Waals surface area (Å²) < 4.78 is 0. The summed E-state index contributed by atoms with van der Waals surface area (Å²) in [7, 11) is 0. The first kappa shape index (κ1) is 16.0. The molecule has 5 heteroatoms. The molecule has 0 radical (unpaired) electrons. The zero-order valence-electron chi connectivity index (χ0n) is 12.2. The lowest BCUT2D eigenvalue weighted by Crippen LogP contribution is -2.52. The molecule has 5 nitrogen and oxygen atoms in total. The zero-order valence-corrected chi connectivity index (χ0v) is 12.2. The highest BCUT2D eigenvalue weighted by Gasteiger charge is 2.24. The SMILES string of the molecule is CCCC[C@H](N)C(=O)NC(C)C(=O)N1CCCCC1. The molecule has 2 atom stereocenters. The number of nitrogens with zero attached hydrogens (tertiary/aromatic N) is 1. The smallest absolute Gasteiger partial charge is 0.244 e. The van der Waals surface area contributed by atoms with Crippen molar-refractivity contribution in [3.63, 3.8) is 0 Å². The molecule has 0 aromatic carbocycles. The third-order valence-electron chi connectivity index (χ3n) is 3.60. The Balaban J connectivity index is 2.37. The van der Waals surface area contributed by atoms with Crippen LogP contribution in [0.25, 0.3) is 0 Å². The van der Waals surface area contributed by atoms with Crippen molar-refractivity contribution >= 4 is 11.8 Å². The first-order chi connectivity index (χ1) is 9.06. The fourth-order valence-corrected chi connectivity index (χ4v) is 2.33. The van der Waals surface area contributed by atoms with E-state index in [2.05, 4.69) is 12.2 Å². The van der Waals surface area contributed by atoms with E-state index in [9.17, 15) is 9.59 Å². The second-order valence-electron chi connectivity index (χ2n) is 5.36. The predicted molar refractivity (Wildman–Crippen MR) is 75.5 cm³/mol. The van der Waals surface area contributed by atoms with E-state index in [-0.39, 0.29) is 11.8 Å². The normalized spacial score (nSPS) is 18.8. The fourth-order valence-electron chi connectivity index (χ4n) is 2.33. The van der Waals surface area contributed by atoms with Gasteiger partial charge in [0, 0.05) is 13.1 Å². The molecule has 1 rings (SSSR count). The quantitative estimate of drug-likeness (QED) is 0.756. The molecule has 19 heavy (non-hydrogen) atoms. The first-order valence-electron chi connectivity index (χ1n) is 7.41. The fraction of sp³-hybridized carbons (Fsp3) is 0.857. The van der Waals surface area contributed by atoms with Gasteiger partial charge in [-0.2, -0.15) is 0 Å². The molecule has 1 aliphatic rings. The van der Waals surface area contributed by atoms with Crippen LogP contribution in [0, 0.1) is 0 Å². The molecule has 3 N–H and O–H groups in total. The van der Waals surface area contributed by atoms with Crippen LogP contribution in [0.1, 0.15) is 52.4 Å². The highest BCUT2D eigenvalue weighted by Crippen LogP contribution is 2.10. The number of unbranched alkanes of at least 4 members (excludes halogenated alkanes) is 1. The first-order valence-corrected chi connectivity index (χ1v) is 7.41. The Labute approximate surface area is 115 Å². The van der Waals surface area contributed by atoms with E-state index in [0.29, 0.717) is 6.42 Å². The minimum absolute atomic E-state index is 0.00995. The maximum Gasteiger partial charge on any atom is 0.244 e. The van der Waals surface area contributed by atoms with Crippen LogP contribution in [0.2, 0.25) is 0 Å². The number of hydrogen-bond acceptors (Lipinski definition) is 3. The summed E-state index contributed by atoms with van der Waals surface area (Å²) in [5, 5.41) is 2.73. The van der Waals surface area contributed by atoms with Crippen LogP contribution in [0.5, 0.6) is 0 Å². The van der Waals surface area contributed by atoms with Crippen LogP contribution in [-0.2, 0) is 9.59 Å². The summed E-state index contributed by atoms with van der Waals surface area (Å²) in [6.45, 7) is 5.41. The van der Waals surface area contributed by atoms with Crippen molar-refractivity contribution in [1.82, 2.24) is 10.2 Å². The lowest BCUT2D eigenvalue weighted by Gasteiger charge is -2.29. The van der Waals surface area contributed by atoms with E-state index in [0.717, 1.165) is 38.8 Å². The highest BCUT2D eigenvalue weighted by molar-refractivity contribution is 5.89. The Morgan fingerprint density at radius 3 is 2.47 bits per heavy atom. The molecule has 1 saturated heterocycles.